The normalized spacial score (nSPS) is 18.8. The predicted molar refractivity (Wildman–Crippen MR) is 139 cm³/mol. The molecule has 1 aliphatic heterocycles. The fourth-order valence-corrected chi connectivity index (χ4v) is 5.22. The minimum Gasteiger partial charge on any atom is -0.494 e. The third-order valence-electron chi connectivity index (χ3n) is 6.65. The van der Waals surface area contributed by atoms with Gasteiger partial charge in [-0.05, 0) is 49.1 Å². The van der Waals surface area contributed by atoms with Crippen LogP contribution in [0, 0.1) is 5.41 Å². The summed E-state index contributed by atoms with van der Waals surface area (Å²) in [4.78, 5) is 29.8. The van der Waals surface area contributed by atoms with Gasteiger partial charge in [-0.15, -0.1) is 0 Å². The van der Waals surface area contributed by atoms with Crippen LogP contribution in [-0.4, -0.2) is 18.3 Å². The second-order valence-corrected chi connectivity index (χ2v) is 9.89. The lowest BCUT2D eigenvalue weighted by Crippen LogP contribution is -2.39. The average Bonchev–Trinajstić information content (AvgIpc) is 2.98. The quantitative estimate of drug-likeness (QED) is 0.474. The Kier molecular flexibility index (Phi) is 5.93. The van der Waals surface area contributed by atoms with Crippen LogP contribution in [0.3, 0.4) is 0 Å². The van der Waals surface area contributed by atoms with E-state index in [1.807, 2.05) is 85.8 Å². The van der Waals surface area contributed by atoms with Crippen molar-refractivity contribution in [3.8, 4) is 5.75 Å². The zero-order chi connectivity index (χ0) is 24.6. The van der Waals surface area contributed by atoms with Gasteiger partial charge in [-0.25, -0.2) is 0 Å². The topological polar surface area (TPSA) is 58.6 Å². The van der Waals surface area contributed by atoms with Crippen molar-refractivity contribution in [3.63, 3.8) is 0 Å². The van der Waals surface area contributed by atoms with E-state index in [0.717, 1.165) is 22.6 Å². The summed E-state index contributed by atoms with van der Waals surface area (Å²) in [6.45, 7) is 6.65. The first-order valence-electron chi connectivity index (χ1n) is 12.1. The van der Waals surface area contributed by atoms with Crippen LogP contribution < -0.4 is 15.0 Å². The second kappa shape index (κ2) is 9.06. The number of carbonyl (C=O) groups is 2. The third kappa shape index (κ3) is 4.23. The third-order valence-corrected chi connectivity index (χ3v) is 6.65. The van der Waals surface area contributed by atoms with Gasteiger partial charge < -0.3 is 10.1 Å². The van der Waals surface area contributed by atoms with Gasteiger partial charge in [-0.3, -0.25) is 14.5 Å². The molecule has 5 nitrogen and oxygen atoms in total. The molecule has 0 radical (unpaired) electrons. The first-order chi connectivity index (χ1) is 16.9. The summed E-state index contributed by atoms with van der Waals surface area (Å²) >= 11 is 0. The molecule has 35 heavy (non-hydrogen) atoms. The zero-order valence-corrected chi connectivity index (χ0v) is 20.4. The van der Waals surface area contributed by atoms with Crippen LogP contribution in [0.4, 0.5) is 11.4 Å². The molecule has 3 aromatic carbocycles. The number of anilines is 2. The number of amides is 1. The van der Waals surface area contributed by atoms with E-state index in [1.54, 1.807) is 4.90 Å². The molecule has 2 aliphatic rings. The van der Waals surface area contributed by atoms with Crippen LogP contribution in [-0.2, 0) is 4.79 Å². The number of ether oxygens (including phenoxy) is 1. The van der Waals surface area contributed by atoms with Crippen molar-refractivity contribution < 1.29 is 14.3 Å². The Hall–Kier alpha value is -3.86. The maximum atomic E-state index is 14.2. The molecule has 0 unspecified atom stereocenters. The van der Waals surface area contributed by atoms with Gasteiger partial charge in [-0.1, -0.05) is 62.4 Å². The number of hydrogen-bond donors (Lipinski definition) is 1. The molecule has 0 saturated heterocycles. The van der Waals surface area contributed by atoms with Crippen LogP contribution in [0.2, 0.25) is 0 Å². The molecule has 1 heterocycles. The molecule has 5 heteroatoms. The minimum absolute atomic E-state index is 0.0544. The molecule has 1 N–H and O–H groups in total. The van der Waals surface area contributed by atoms with Crippen molar-refractivity contribution in [2.24, 2.45) is 5.41 Å². The summed E-state index contributed by atoms with van der Waals surface area (Å²) in [7, 11) is 0. The molecule has 0 saturated carbocycles. The number of carbonyl (C=O) groups excluding carboxylic acids is 2. The minimum atomic E-state index is -0.625. The molecule has 178 valence electrons. The maximum absolute atomic E-state index is 14.2. The lowest BCUT2D eigenvalue weighted by atomic mass is 9.73. The number of ketones is 1. The Labute approximate surface area is 206 Å². The van der Waals surface area contributed by atoms with Gasteiger partial charge >= 0.3 is 0 Å². The van der Waals surface area contributed by atoms with Gasteiger partial charge in [0.2, 0.25) is 0 Å². The van der Waals surface area contributed by atoms with Gasteiger partial charge in [0.15, 0.2) is 5.78 Å². The zero-order valence-electron chi connectivity index (χ0n) is 20.4. The molecule has 0 fully saturated rings. The molecular weight excluding hydrogens is 436 g/mol. The molecule has 1 atom stereocenters. The lowest BCUT2D eigenvalue weighted by molar-refractivity contribution is -0.118. The van der Waals surface area contributed by atoms with E-state index in [2.05, 4.69) is 19.2 Å². The summed E-state index contributed by atoms with van der Waals surface area (Å²) in [6, 6.07) is 24.1. The van der Waals surface area contributed by atoms with E-state index in [9.17, 15) is 9.59 Å². The highest BCUT2D eigenvalue weighted by Gasteiger charge is 2.44. The predicted octanol–water partition coefficient (Wildman–Crippen LogP) is 6.54. The molecule has 5 rings (SSSR count). The molecule has 0 aromatic heterocycles. The molecule has 3 aromatic rings. The maximum Gasteiger partial charge on any atom is 0.259 e. The van der Waals surface area contributed by atoms with E-state index in [4.69, 9.17) is 4.74 Å². The van der Waals surface area contributed by atoms with E-state index in [-0.39, 0.29) is 17.1 Å². The van der Waals surface area contributed by atoms with Crippen molar-refractivity contribution in [2.45, 2.75) is 39.7 Å². The summed E-state index contributed by atoms with van der Waals surface area (Å²) in [6.07, 6.45) is 1.13. The number of fused-ring (bicyclic) bond motifs is 1. The number of nitrogens with one attached hydrogen (secondary N) is 1. The summed E-state index contributed by atoms with van der Waals surface area (Å²) in [5.41, 5.74) is 4.24. The van der Waals surface area contributed by atoms with Gasteiger partial charge in [0.1, 0.15) is 5.75 Å². The fourth-order valence-electron chi connectivity index (χ4n) is 5.22. The van der Waals surface area contributed by atoms with E-state index < -0.39 is 6.04 Å². The average molecular weight is 467 g/mol. The van der Waals surface area contributed by atoms with E-state index in [1.165, 1.54) is 0 Å². The Morgan fingerprint density at radius 2 is 1.66 bits per heavy atom. The summed E-state index contributed by atoms with van der Waals surface area (Å²) < 4.78 is 6.02. The van der Waals surface area contributed by atoms with E-state index in [0.29, 0.717) is 36.3 Å². The fraction of sp³-hybridized carbons (Fsp3) is 0.267. The molecule has 0 bridgehead atoms. The highest BCUT2D eigenvalue weighted by atomic mass is 16.5. The lowest BCUT2D eigenvalue weighted by Gasteiger charge is -2.37. The highest BCUT2D eigenvalue weighted by molar-refractivity contribution is 6.12. The summed E-state index contributed by atoms with van der Waals surface area (Å²) in [5, 5.41) is 3.56. The Morgan fingerprint density at radius 3 is 2.43 bits per heavy atom. The van der Waals surface area contributed by atoms with Gasteiger partial charge in [0.25, 0.3) is 5.91 Å². The number of para-hydroxylation sites is 3. The van der Waals surface area contributed by atoms with Crippen molar-refractivity contribution >= 4 is 23.1 Å². The second-order valence-electron chi connectivity index (χ2n) is 9.89. The number of hydrogen-bond acceptors (Lipinski definition) is 4. The number of allylic oxidation sites excluding steroid dienone is 1. The SMILES string of the molecule is CCOc1ccccc1[C@H]1C2=C(CC(C)(C)CC2=O)Nc2ccccc2N1C(=O)c1ccccc1. The van der Waals surface area contributed by atoms with Gasteiger partial charge in [-0.2, -0.15) is 0 Å². The van der Waals surface area contributed by atoms with Gasteiger partial charge in [0, 0.05) is 28.8 Å². The van der Waals surface area contributed by atoms with Gasteiger partial charge in [0.05, 0.1) is 24.0 Å². The summed E-state index contributed by atoms with van der Waals surface area (Å²) in [5.74, 6) is 0.566. The Bertz CT molecular complexity index is 1310. The van der Waals surface area contributed by atoms with Crippen LogP contribution in [0.25, 0.3) is 0 Å². The number of nitrogens with zero attached hydrogens (tertiary/aromatic N) is 1. The first-order valence-corrected chi connectivity index (χ1v) is 12.1. The molecule has 1 amide bonds. The van der Waals surface area contributed by atoms with Crippen LogP contribution >= 0.6 is 0 Å². The Balaban J connectivity index is 1.82. The Morgan fingerprint density at radius 1 is 0.971 bits per heavy atom. The highest BCUT2D eigenvalue weighted by Crippen LogP contribution is 2.50. The largest absolute Gasteiger partial charge is 0.494 e. The van der Waals surface area contributed by atoms with Crippen molar-refractivity contribution in [1.82, 2.24) is 0 Å². The van der Waals surface area contributed by atoms with Crippen molar-refractivity contribution in [3.05, 3.63) is 101 Å². The monoisotopic (exact) mass is 466 g/mol. The van der Waals surface area contributed by atoms with Crippen LogP contribution in [0.1, 0.15) is 55.6 Å². The number of benzene rings is 3. The number of rotatable bonds is 4. The van der Waals surface area contributed by atoms with E-state index >= 15 is 0 Å². The standard InChI is InChI=1S/C30H30N2O3/c1-4-35-26-17-11-8-14-21(26)28-27-23(18-30(2,3)19-25(27)33)31-22-15-9-10-16-24(22)32(28)29(34)20-12-6-5-7-13-20/h5-17,28,31H,4,18-19H2,1-3H3/t28-/m0/s1. The van der Waals surface area contributed by atoms with Crippen LogP contribution in [0.5, 0.6) is 5.75 Å². The first kappa shape index (κ1) is 22.9. The molecular formula is C30H30N2O3. The number of Topliss-reactive ketones (excluding diaryl/α,β-unsaturated/α-hetero) is 1. The van der Waals surface area contributed by atoms with Crippen molar-refractivity contribution in [1.29, 1.82) is 0 Å². The van der Waals surface area contributed by atoms with Crippen molar-refractivity contribution in [2.75, 3.05) is 16.8 Å². The molecule has 0 spiro atoms. The molecule has 1 aliphatic carbocycles. The van der Waals surface area contributed by atoms with Crippen LogP contribution in [0.15, 0.2) is 90.1 Å². The smallest absolute Gasteiger partial charge is 0.259 e.